The predicted molar refractivity (Wildman–Crippen MR) is 56.2 cm³/mol. The highest BCUT2D eigenvalue weighted by Crippen LogP contribution is 2.38. The highest BCUT2D eigenvalue weighted by atomic mass is 79.9. The summed E-state index contributed by atoms with van der Waals surface area (Å²) in [6, 6.07) is 3.38. The zero-order valence-electron chi connectivity index (χ0n) is 5.84. The summed E-state index contributed by atoms with van der Waals surface area (Å²) in [5, 5.41) is 12.9. The van der Waals surface area contributed by atoms with Gasteiger partial charge in [-0.05, 0) is 28.1 Å². The fourth-order valence-electron chi connectivity index (χ4n) is 1.05. The van der Waals surface area contributed by atoms with Crippen molar-refractivity contribution in [1.82, 2.24) is 0 Å². The predicted octanol–water partition coefficient (Wildman–Crippen LogP) is 4.02. The Kier molecular flexibility index (Phi) is 2.02. The zero-order chi connectivity index (χ0) is 8.72. The van der Waals surface area contributed by atoms with Crippen molar-refractivity contribution in [3.8, 4) is 5.75 Å². The lowest BCUT2D eigenvalue weighted by molar-refractivity contribution is 0.482. The molecule has 1 aromatic heterocycles. The van der Waals surface area contributed by atoms with E-state index in [-0.39, 0.29) is 5.75 Å². The van der Waals surface area contributed by atoms with Crippen LogP contribution in [0.15, 0.2) is 22.0 Å². The largest absolute Gasteiger partial charge is 0.506 e. The average molecular weight is 264 g/mol. The van der Waals surface area contributed by atoms with Crippen LogP contribution in [0.3, 0.4) is 0 Å². The summed E-state index contributed by atoms with van der Waals surface area (Å²) in [6.07, 6.45) is 0. The standard InChI is InChI=1S/C8H4BrClOS/c9-6-3-12-8-5(6)1-4(10)2-7(8)11/h1-3,11H. The zero-order valence-corrected chi connectivity index (χ0v) is 9.00. The molecule has 2 rings (SSSR count). The van der Waals surface area contributed by atoms with Gasteiger partial charge in [0.15, 0.2) is 0 Å². The molecule has 0 aliphatic heterocycles. The van der Waals surface area contributed by atoms with Crippen LogP contribution in [0.4, 0.5) is 0 Å². The second-order valence-corrected chi connectivity index (χ2v) is 4.56. The summed E-state index contributed by atoms with van der Waals surface area (Å²) in [5.41, 5.74) is 0. The Hall–Kier alpha value is -0.250. The second kappa shape index (κ2) is 2.91. The van der Waals surface area contributed by atoms with Crippen LogP contribution >= 0.6 is 38.9 Å². The van der Waals surface area contributed by atoms with Gasteiger partial charge in [0.25, 0.3) is 0 Å². The Morgan fingerprint density at radius 1 is 1.42 bits per heavy atom. The van der Waals surface area contributed by atoms with Crippen LogP contribution < -0.4 is 0 Å². The van der Waals surface area contributed by atoms with Gasteiger partial charge in [-0.3, -0.25) is 0 Å². The van der Waals surface area contributed by atoms with Crippen LogP contribution in [0.1, 0.15) is 0 Å². The highest BCUT2D eigenvalue weighted by Gasteiger charge is 2.06. The maximum atomic E-state index is 9.47. The number of thiophene rings is 1. The Labute approximate surface area is 86.7 Å². The van der Waals surface area contributed by atoms with Crippen LogP contribution in [0.5, 0.6) is 5.75 Å². The van der Waals surface area contributed by atoms with Gasteiger partial charge in [0.1, 0.15) is 5.75 Å². The van der Waals surface area contributed by atoms with Crippen molar-refractivity contribution in [2.75, 3.05) is 0 Å². The molecule has 0 aliphatic carbocycles. The van der Waals surface area contributed by atoms with Crippen molar-refractivity contribution < 1.29 is 5.11 Å². The lowest BCUT2D eigenvalue weighted by Gasteiger charge is -1.95. The number of phenols is 1. The first-order valence-corrected chi connectivity index (χ1v) is 5.29. The van der Waals surface area contributed by atoms with Crippen molar-refractivity contribution in [2.24, 2.45) is 0 Å². The van der Waals surface area contributed by atoms with Crippen molar-refractivity contribution in [3.63, 3.8) is 0 Å². The molecule has 1 heterocycles. The Morgan fingerprint density at radius 2 is 2.17 bits per heavy atom. The van der Waals surface area contributed by atoms with Crippen LogP contribution in [-0.2, 0) is 0 Å². The number of rotatable bonds is 0. The topological polar surface area (TPSA) is 20.2 Å². The molecule has 0 unspecified atom stereocenters. The van der Waals surface area contributed by atoms with Gasteiger partial charge >= 0.3 is 0 Å². The third-order valence-corrected chi connectivity index (χ3v) is 3.77. The molecule has 1 N–H and O–H groups in total. The van der Waals surface area contributed by atoms with E-state index < -0.39 is 0 Å². The molecule has 4 heteroatoms. The number of hydrogen-bond donors (Lipinski definition) is 1. The molecular formula is C8H4BrClOS. The molecule has 0 aliphatic rings. The number of hydrogen-bond acceptors (Lipinski definition) is 2. The molecule has 0 bridgehead atoms. The van der Waals surface area contributed by atoms with Gasteiger partial charge in [0.05, 0.1) is 4.70 Å². The SMILES string of the molecule is Oc1cc(Cl)cc2c(Br)csc12. The van der Waals surface area contributed by atoms with Gasteiger partial charge in [-0.2, -0.15) is 0 Å². The van der Waals surface area contributed by atoms with Gasteiger partial charge in [-0.1, -0.05) is 11.6 Å². The Morgan fingerprint density at radius 3 is 2.92 bits per heavy atom. The number of aromatic hydroxyl groups is 1. The van der Waals surface area contributed by atoms with Gasteiger partial charge in [0, 0.05) is 20.3 Å². The lowest BCUT2D eigenvalue weighted by Crippen LogP contribution is -1.68. The van der Waals surface area contributed by atoms with Crippen molar-refractivity contribution in [2.45, 2.75) is 0 Å². The van der Waals surface area contributed by atoms with E-state index in [1.54, 1.807) is 6.07 Å². The first kappa shape index (κ1) is 8.35. The van der Waals surface area contributed by atoms with E-state index in [4.69, 9.17) is 11.6 Å². The summed E-state index contributed by atoms with van der Waals surface area (Å²) in [5.74, 6) is 0.244. The maximum Gasteiger partial charge on any atom is 0.134 e. The van der Waals surface area contributed by atoms with E-state index in [1.165, 1.54) is 11.3 Å². The third kappa shape index (κ3) is 1.22. The summed E-state index contributed by atoms with van der Waals surface area (Å²) < 4.78 is 1.84. The molecule has 1 nitrogen and oxygen atoms in total. The summed E-state index contributed by atoms with van der Waals surface area (Å²) in [4.78, 5) is 0. The first-order chi connectivity index (χ1) is 5.68. The summed E-state index contributed by atoms with van der Waals surface area (Å²) >= 11 is 10.6. The third-order valence-electron chi connectivity index (χ3n) is 1.57. The molecular weight excluding hydrogens is 260 g/mol. The molecule has 0 saturated heterocycles. The monoisotopic (exact) mass is 262 g/mol. The summed E-state index contributed by atoms with van der Waals surface area (Å²) in [7, 11) is 0. The minimum absolute atomic E-state index is 0.244. The first-order valence-electron chi connectivity index (χ1n) is 3.23. The van der Waals surface area contributed by atoms with E-state index in [2.05, 4.69) is 15.9 Å². The lowest BCUT2D eigenvalue weighted by atomic mass is 10.2. The fraction of sp³-hybridized carbons (Fsp3) is 0. The minimum Gasteiger partial charge on any atom is -0.506 e. The van der Waals surface area contributed by atoms with Crippen LogP contribution in [0, 0.1) is 0 Å². The number of fused-ring (bicyclic) bond motifs is 1. The van der Waals surface area contributed by atoms with Crippen LogP contribution in [-0.4, -0.2) is 5.11 Å². The molecule has 0 fully saturated rings. The molecule has 2 aromatic rings. The van der Waals surface area contributed by atoms with Gasteiger partial charge < -0.3 is 5.11 Å². The average Bonchev–Trinajstić information content (AvgIpc) is 2.33. The van der Waals surface area contributed by atoms with E-state index >= 15 is 0 Å². The van der Waals surface area contributed by atoms with E-state index in [0.29, 0.717) is 5.02 Å². The number of benzene rings is 1. The highest BCUT2D eigenvalue weighted by molar-refractivity contribution is 9.10. The molecule has 0 radical (unpaired) electrons. The Balaban J connectivity index is 2.92. The van der Waals surface area contributed by atoms with Crippen LogP contribution in [0.25, 0.3) is 10.1 Å². The Bertz CT molecular complexity index is 438. The van der Waals surface area contributed by atoms with Crippen molar-refractivity contribution >= 4 is 49.0 Å². The van der Waals surface area contributed by atoms with E-state index in [9.17, 15) is 5.11 Å². The number of phenolic OH excluding ortho intramolecular Hbond substituents is 1. The normalized spacial score (nSPS) is 10.8. The van der Waals surface area contributed by atoms with Crippen molar-refractivity contribution in [3.05, 3.63) is 27.0 Å². The number of halogens is 2. The minimum atomic E-state index is 0.244. The smallest absolute Gasteiger partial charge is 0.134 e. The molecule has 12 heavy (non-hydrogen) atoms. The molecule has 0 spiro atoms. The fourth-order valence-corrected chi connectivity index (χ4v) is 2.82. The quantitative estimate of drug-likeness (QED) is 0.761. The second-order valence-electron chi connectivity index (χ2n) is 2.39. The van der Waals surface area contributed by atoms with Gasteiger partial charge in [-0.15, -0.1) is 11.3 Å². The van der Waals surface area contributed by atoms with Crippen LogP contribution in [0.2, 0.25) is 5.02 Å². The van der Waals surface area contributed by atoms with E-state index in [0.717, 1.165) is 14.6 Å². The summed E-state index contributed by atoms with van der Waals surface area (Å²) in [6.45, 7) is 0. The van der Waals surface area contributed by atoms with E-state index in [1.807, 2.05) is 11.4 Å². The molecule has 62 valence electrons. The molecule has 0 atom stereocenters. The van der Waals surface area contributed by atoms with Gasteiger partial charge in [-0.25, -0.2) is 0 Å². The van der Waals surface area contributed by atoms with Gasteiger partial charge in [0.2, 0.25) is 0 Å². The molecule has 1 aromatic carbocycles. The molecule has 0 saturated carbocycles. The maximum absolute atomic E-state index is 9.47. The molecule has 0 amide bonds. The van der Waals surface area contributed by atoms with Crippen molar-refractivity contribution in [1.29, 1.82) is 0 Å².